The minimum Gasteiger partial charge on any atom is -0.394 e. The van der Waals surface area contributed by atoms with Gasteiger partial charge in [-0.2, -0.15) is 0 Å². The molecule has 1 aliphatic carbocycles. The minimum absolute atomic E-state index is 0.0160. The molecule has 0 bridgehead atoms. The zero-order chi connectivity index (χ0) is 18.1. The summed E-state index contributed by atoms with van der Waals surface area (Å²) in [5.41, 5.74) is 11.1. The van der Waals surface area contributed by atoms with Gasteiger partial charge < -0.3 is 16.4 Å². The van der Waals surface area contributed by atoms with Crippen molar-refractivity contribution >= 4 is 29.5 Å². The quantitative estimate of drug-likeness (QED) is 0.820. The summed E-state index contributed by atoms with van der Waals surface area (Å²) in [4.78, 5) is 23.7. The van der Waals surface area contributed by atoms with Gasteiger partial charge in [-0.25, -0.2) is 0 Å². The summed E-state index contributed by atoms with van der Waals surface area (Å²) in [6.45, 7) is 0. The Morgan fingerprint density at radius 2 is 1.79 bits per heavy atom. The highest BCUT2D eigenvalue weighted by Gasteiger charge is 2.21. The van der Waals surface area contributed by atoms with Crippen LogP contribution in [0.1, 0.15) is 37.7 Å². The predicted molar refractivity (Wildman–Crippen MR) is 98.1 cm³/mol. The summed E-state index contributed by atoms with van der Waals surface area (Å²) >= 11 is 5.72. The normalized spacial score (nSPS) is 15.2. The summed E-state index contributed by atoms with van der Waals surface area (Å²) in [6, 6.07) is 6.97. The maximum absolute atomic E-state index is 11.4. The van der Waals surface area contributed by atoms with Crippen LogP contribution < -0.4 is 11.5 Å². The molecule has 1 aliphatic rings. The number of primary amides is 1. The van der Waals surface area contributed by atoms with Crippen LogP contribution in [0.5, 0.6) is 0 Å². The smallest absolute Gasteiger partial charge is 0.264 e. The van der Waals surface area contributed by atoms with Gasteiger partial charge in [0.15, 0.2) is 0 Å². The number of nitrogens with two attached hydrogens (primary N) is 2. The third kappa shape index (κ3) is 7.04. The van der Waals surface area contributed by atoms with E-state index in [1.54, 1.807) is 29.2 Å². The first kappa shape index (κ1) is 20.0. The maximum Gasteiger partial charge on any atom is 0.264 e. The Morgan fingerprint density at radius 1 is 1.17 bits per heavy atom. The lowest BCUT2D eigenvalue weighted by Crippen LogP contribution is -2.30. The summed E-state index contributed by atoms with van der Waals surface area (Å²) < 4.78 is 0. The number of hydrogen-bond acceptors (Lipinski definition) is 3. The van der Waals surface area contributed by atoms with Gasteiger partial charge in [-0.05, 0) is 36.6 Å². The summed E-state index contributed by atoms with van der Waals surface area (Å²) in [6.07, 6.45) is 7.49. The largest absolute Gasteiger partial charge is 0.394 e. The van der Waals surface area contributed by atoms with E-state index in [1.165, 1.54) is 25.3 Å². The van der Waals surface area contributed by atoms with Gasteiger partial charge in [0.25, 0.3) is 5.91 Å². The first-order chi connectivity index (χ1) is 11.3. The average Bonchev–Trinajstić information content (AvgIpc) is 2.55. The van der Waals surface area contributed by atoms with Crippen molar-refractivity contribution < 1.29 is 9.59 Å². The molecule has 1 aromatic rings. The fourth-order valence-corrected chi connectivity index (χ4v) is 2.76. The number of rotatable bonds is 3. The van der Waals surface area contributed by atoms with E-state index < -0.39 is 5.91 Å². The third-order valence-electron chi connectivity index (χ3n) is 3.85. The van der Waals surface area contributed by atoms with Crippen LogP contribution in [-0.2, 0) is 9.59 Å². The van der Waals surface area contributed by atoms with Crippen molar-refractivity contribution in [2.24, 2.45) is 17.4 Å². The van der Waals surface area contributed by atoms with Gasteiger partial charge in [-0.15, -0.1) is 0 Å². The highest BCUT2D eigenvalue weighted by Crippen LogP contribution is 2.24. The van der Waals surface area contributed by atoms with Crippen molar-refractivity contribution in [1.82, 2.24) is 4.90 Å². The van der Waals surface area contributed by atoms with E-state index in [1.807, 2.05) is 14.1 Å². The molecule has 2 rings (SSSR count). The Hall–Kier alpha value is -2.01. The Bertz CT molecular complexity index is 594. The highest BCUT2D eigenvalue weighted by molar-refractivity contribution is 6.30. The standard InChI is InChI=1S/C9H9ClN2O.C9H17NO/c10-7-3-1-2-6(4-7)5-8(11)9(12)13;1-10(2)9(11)8-6-4-3-5-7-8/h1-5H,11H2,(H2,12,13);8H,3-7H2,1-2H3/b8-5-;. The third-order valence-corrected chi connectivity index (χ3v) is 4.09. The molecule has 1 fully saturated rings. The molecule has 0 aliphatic heterocycles. The lowest BCUT2D eigenvalue weighted by Gasteiger charge is -2.23. The maximum atomic E-state index is 11.4. The number of carbonyl (C=O) groups excluding carboxylic acids is 2. The van der Waals surface area contributed by atoms with Gasteiger partial charge in [0.2, 0.25) is 5.91 Å². The first-order valence-electron chi connectivity index (χ1n) is 8.05. The van der Waals surface area contributed by atoms with Crippen molar-refractivity contribution in [1.29, 1.82) is 0 Å². The van der Waals surface area contributed by atoms with Crippen LogP contribution in [0.3, 0.4) is 0 Å². The molecule has 5 nitrogen and oxygen atoms in total. The van der Waals surface area contributed by atoms with Gasteiger partial charge in [-0.3, -0.25) is 9.59 Å². The molecule has 0 atom stereocenters. The fraction of sp³-hybridized carbons (Fsp3) is 0.444. The SMILES string of the molecule is CN(C)C(=O)C1CCCCC1.NC(=O)/C(N)=C/c1cccc(Cl)c1. The lowest BCUT2D eigenvalue weighted by atomic mass is 9.88. The molecular formula is C18H26ClN3O2. The van der Waals surface area contributed by atoms with Crippen molar-refractivity contribution in [2.75, 3.05) is 14.1 Å². The molecule has 0 aromatic heterocycles. The monoisotopic (exact) mass is 351 g/mol. The Morgan fingerprint density at radius 3 is 2.29 bits per heavy atom. The van der Waals surface area contributed by atoms with Crippen LogP contribution in [0.15, 0.2) is 30.0 Å². The molecule has 6 heteroatoms. The van der Waals surface area contributed by atoms with Crippen molar-refractivity contribution in [3.8, 4) is 0 Å². The fourth-order valence-electron chi connectivity index (χ4n) is 2.56. The molecule has 24 heavy (non-hydrogen) atoms. The molecule has 0 unspecified atom stereocenters. The Balaban J connectivity index is 0.000000243. The van der Waals surface area contributed by atoms with Crippen molar-refractivity contribution in [3.63, 3.8) is 0 Å². The van der Waals surface area contributed by atoms with Crippen LogP contribution in [0, 0.1) is 5.92 Å². The number of benzene rings is 1. The number of nitrogens with zero attached hydrogens (tertiary/aromatic N) is 1. The lowest BCUT2D eigenvalue weighted by molar-refractivity contribution is -0.133. The van der Waals surface area contributed by atoms with E-state index in [2.05, 4.69) is 0 Å². The molecule has 132 valence electrons. The molecule has 0 saturated heterocycles. The number of halogens is 1. The second-order valence-electron chi connectivity index (χ2n) is 6.09. The molecule has 1 aromatic carbocycles. The highest BCUT2D eigenvalue weighted by atomic mass is 35.5. The van der Waals surface area contributed by atoms with Gasteiger partial charge in [0.05, 0.1) is 5.70 Å². The zero-order valence-electron chi connectivity index (χ0n) is 14.3. The Labute approximate surface area is 148 Å². The zero-order valence-corrected chi connectivity index (χ0v) is 15.1. The summed E-state index contributed by atoms with van der Waals surface area (Å²) in [5, 5.41) is 0.589. The van der Waals surface area contributed by atoms with Crippen molar-refractivity contribution in [2.45, 2.75) is 32.1 Å². The number of hydrogen-bond donors (Lipinski definition) is 2. The first-order valence-corrected chi connectivity index (χ1v) is 8.42. The number of amides is 2. The van der Waals surface area contributed by atoms with E-state index in [0.29, 0.717) is 16.8 Å². The van der Waals surface area contributed by atoms with Gasteiger partial charge in [-0.1, -0.05) is 43.0 Å². The van der Waals surface area contributed by atoms with E-state index >= 15 is 0 Å². The van der Waals surface area contributed by atoms with Gasteiger partial charge in [0.1, 0.15) is 0 Å². The topological polar surface area (TPSA) is 89.4 Å². The number of carbonyl (C=O) groups is 2. The van der Waals surface area contributed by atoms with E-state index in [-0.39, 0.29) is 5.70 Å². The summed E-state index contributed by atoms with van der Waals surface area (Å²) in [7, 11) is 3.69. The van der Waals surface area contributed by atoms with Crippen LogP contribution in [0.25, 0.3) is 6.08 Å². The average molecular weight is 352 g/mol. The van der Waals surface area contributed by atoms with Gasteiger partial charge >= 0.3 is 0 Å². The minimum atomic E-state index is -0.639. The van der Waals surface area contributed by atoms with Crippen molar-refractivity contribution in [3.05, 3.63) is 40.5 Å². The van der Waals surface area contributed by atoms with Crippen LogP contribution >= 0.6 is 11.6 Å². The van der Waals surface area contributed by atoms with Crippen LogP contribution in [-0.4, -0.2) is 30.8 Å². The Kier molecular flexibility index (Phi) is 8.33. The predicted octanol–water partition coefficient (Wildman–Crippen LogP) is 2.78. The van der Waals surface area contributed by atoms with Crippen LogP contribution in [0.2, 0.25) is 5.02 Å². The van der Waals surface area contributed by atoms with E-state index in [4.69, 9.17) is 23.1 Å². The van der Waals surface area contributed by atoms with Crippen LogP contribution in [0.4, 0.5) is 0 Å². The van der Waals surface area contributed by atoms with E-state index in [0.717, 1.165) is 18.4 Å². The molecule has 4 N–H and O–H groups in total. The molecule has 1 saturated carbocycles. The summed E-state index contributed by atoms with van der Waals surface area (Å²) in [5.74, 6) is 0.0171. The van der Waals surface area contributed by atoms with E-state index in [9.17, 15) is 9.59 Å². The van der Waals surface area contributed by atoms with Gasteiger partial charge in [0, 0.05) is 25.0 Å². The second kappa shape index (κ2) is 9.98. The molecule has 0 spiro atoms. The molecule has 0 heterocycles. The molecule has 2 amide bonds. The molecular weight excluding hydrogens is 326 g/mol. The second-order valence-corrected chi connectivity index (χ2v) is 6.52. The molecule has 0 radical (unpaired) electrons.